The van der Waals surface area contributed by atoms with Crippen LogP contribution in [0.3, 0.4) is 0 Å². The van der Waals surface area contributed by atoms with Crippen molar-refractivity contribution in [1.29, 1.82) is 0 Å². The number of ether oxygens (including phenoxy) is 2. The third-order valence-electron chi connectivity index (χ3n) is 6.31. The number of hydrogen-bond donors (Lipinski definition) is 0. The Hall–Kier alpha value is -3.02. The number of methoxy groups -OCH3 is 2. The lowest BCUT2D eigenvalue weighted by Gasteiger charge is -2.43. The van der Waals surface area contributed by atoms with Crippen LogP contribution >= 0.6 is 0 Å². The molecular weight excluding hydrogens is 366 g/mol. The van der Waals surface area contributed by atoms with Crippen LogP contribution < -0.4 is 19.9 Å². The Morgan fingerprint density at radius 2 is 1.83 bits per heavy atom. The van der Waals surface area contributed by atoms with Crippen LogP contribution in [0.4, 0.5) is 5.82 Å². The number of aromatic nitrogens is 2. The van der Waals surface area contributed by atoms with Crippen molar-refractivity contribution in [1.82, 2.24) is 9.55 Å². The van der Waals surface area contributed by atoms with Crippen molar-refractivity contribution in [2.24, 2.45) is 5.92 Å². The number of benzene rings is 1. The third kappa shape index (κ3) is 2.85. The number of hydrogen-bond acceptors (Lipinski definition) is 5. The lowest BCUT2D eigenvalue weighted by molar-refractivity contribution is 0.280. The summed E-state index contributed by atoms with van der Waals surface area (Å²) in [5.74, 6) is 3.32. The molecule has 6 nitrogen and oxygen atoms in total. The van der Waals surface area contributed by atoms with Crippen LogP contribution in [0.25, 0.3) is 10.9 Å². The van der Waals surface area contributed by atoms with E-state index >= 15 is 0 Å². The summed E-state index contributed by atoms with van der Waals surface area (Å²) in [5.41, 5.74) is 3.21. The van der Waals surface area contributed by atoms with Gasteiger partial charge in [0.1, 0.15) is 22.8 Å². The molecule has 150 valence electrons. The highest BCUT2D eigenvalue weighted by atomic mass is 16.5. The molecule has 1 aromatic carbocycles. The number of aryl methyl sites for hydroxylation is 1. The molecule has 4 heterocycles. The van der Waals surface area contributed by atoms with Crippen molar-refractivity contribution < 1.29 is 9.47 Å². The first-order valence-electron chi connectivity index (χ1n) is 10.1. The van der Waals surface area contributed by atoms with Gasteiger partial charge in [-0.3, -0.25) is 4.79 Å². The minimum Gasteiger partial charge on any atom is -0.496 e. The monoisotopic (exact) mass is 391 g/mol. The molecule has 2 aliphatic heterocycles. The van der Waals surface area contributed by atoms with Gasteiger partial charge in [0.05, 0.1) is 14.2 Å². The molecule has 2 bridgehead atoms. The van der Waals surface area contributed by atoms with Gasteiger partial charge in [-0.05, 0) is 49.1 Å². The smallest absolute Gasteiger partial charge is 0.250 e. The van der Waals surface area contributed by atoms with Crippen LogP contribution in [0.15, 0.2) is 41.2 Å². The summed E-state index contributed by atoms with van der Waals surface area (Å²) in [7, 11) is 3.35. The van der Waals surface area contributed by atoms with Crippen molar-refractivity contribution in [2.75, 3.05) is 32.2 Å². The Bertz CT molecular complexity index is 1150. The molecule has 0 unspecified atom stereocenters. The van der Waals surface area contributed by atoms with E-state index < -0.39 is 0 Å². The molecule has 6 heteroatoms. The Labute approximate surface area is 169 Å². The molecule has 5 rings (SSSR count). The molecular formula is C23H25N3O3. The predicted octanol–water partition coefficient (Wildman–Crippen LogP) is 3.35. The number of pyridine rings is 2. The Kier molecular flexibility index (Phi) is 4.23. The van der Waals surface area contributed by atoms with E-state index in [4.69, 9.17) is 14.5 Å². The van der Waals surface area contributed by atoms with Crippen LogP contribution in [0, 0.1) is 12.8 Å². The number of piperidine rings is 1. The lowest BCUT2D eigenvalue weighted by atomic mass is 9.83. The average molecular weight is 391 g/mol. The zero-order valence-electron chi connectivity index (χ0n) is 17.0. The van der Waals surface area contributed by atoms with Crippen LogP contribution in [-0.4, -0.2) is 36.9 Å². The normalized spacial score (nSPS) is 20.4. The first-order chi connectivity index (χ1) is 14.1. The minimum absolute atomic E-state index is 0.113. The average Bonchev–Trinajstić information content (AvgIpc) is 2.73. The summed E-state index contributed by atoms with van der Waals surface area (Å²) >= 11 is 0. The summed E-state index contributed by atoms with van der Waals surface area (Å²) < 4.78 is 13.1. The molecule has 0 radical (unpaired) electrons. The van der Waals surface area contributed by atoms with Crippen LogP contribution in [-0.2, 0) is 6.54 Å². The van der Waals surface area contributed by atoms with Gasteiger partial charge >= 0.3 is 0 Å². The highest BCUT2D eigenvalue weighted by Crippen LogP contribution is 2.39. The summed E-state index contributed by atoms with van der Waals surface area (Å²) in [5, 5.41) is 0.990. The van der Waals surface area contributed by atoms with E-state index in [0.29, 0.717) is 11.8 Å². The number of rotatable bonds is 3. The van der Waals surface area contributed by atoms with E-state index in [-0.39, 0.29) is 5.56 Å². The van der Waals surface area contributed by atoms with Gasteiger partial charge in [0.2, 0.25) is 0 Å². The molecule has 3 aromatic rings. The summed E-state index contributed by atoms with van der Waals surface area (Å²) in [6, 6.07) is 11.6. The van der Waals surface area contributed by atoms with Crippen molar-refractivity contribution >= 4 is 16.7 Å². The van der Waals surface area contributed by atoms with E-state index in [1.807, 2.05) is 22.8 Å². The molecule has 0 spiro atoms. The molecule has 29 heavy (non-hydrogen) atoms. The van der Waals surface area contributed by atoms with Crippen LogP contribution in [0.5, 0.6) is 11.5 Å². The van der Waals surface area contributed by atoms with Crippen molar-refractivity contribution in [3.8, 4) is 11.5 Å². The zero-order chi connectivity index (χ0) is 20.1. The Balaban J connectivity index is 1.58. The maximum atomic E-state index is 12.3. The van der Waals surface area contributed by atoms with Crippen LogP contribution in [0.2, 0.25) is 0 Å². The van der Waals surface area contributed by atoms with E-state index in [9.17, 15) is 4.79 Å². The van der Waals surface area contributed by atoms with Gasteiger partial charge < -0.3 is 18.9 Å². The highest BCUT2D eigenvalue weighted by Gasteiger charge is 2.35. The molecule has 0 N–H and O–H groups in total. The molecule has 0 aliphatic carbocycles. The largest absolute Gasteiger partial charge is 0.496 e. The first kappa shape index (κ1) is 18.0. The summed E-state index contributed by atoms with van der Waals surface area (Å²) in [6.45, 7) is 4.65. The van der Waals surface area contributed by atoms with E-state index in [0.717, 1.165) is 65.5 Å². The predicted molar refractivity (Wildman–Crippen MR) is 113 cm³/mol. The van der Waals surface area contributed by atoms with Gasteiger partial charge in [0, 0.05) is 42.7 Å². The fourth-order valence-corrected chi connectivity index (χ4v) is 5.04. The molecule has 1 saturated heterocycles. The fraction of sp³-hybridized carbons (Fsp3) is 0.391. The third-order valence-corrected chi connectivity index (χ3v) is 6.31. The van der Waals surface area contributed by atoms with Gasteiger partial charge in [0.15, 0.2) is 0 Å². The number of nitrogens with zero attached hydrogens (tertiary/aromatic N) is 3. The van der Waals surface area contributed by atoms with Gasteiger partial charge in [-0.2, -0.15) is 0 Å². The zero-order valence-corrected chi connectivity index (χ0v) is 17.0. The first-order valence-corrected chi connectivity index (χ1v) is 10.1. The second kappa shape index (κ2) is 6.79. The van der Waals surface area contributed by atoms with Gasteiger partial charge in [-0.1, -0.05) is 6.07 Å². The van der Waals surface area contributed by atoms with Crippen molar-refractivity contribution in [3.05, 3.63) is 58.0 Å². The standard InChI is InChI=1S/C23H25N3O3/c1-14-9-20(24-23-19(29-3)8-7-18(28-2)22(14)23)25-11-15-10-16(13-25)17-5-4-6-21(27)26(17)12-15/h4-9,15-16H,10-13H2,1-3H3/t15-,16+/m0/s1. The molecule has 2 aliphatic rings. The summed E-state index contributed by atoms with van der Waals surface area (Å²) in [6.07, 6.45) is 1.13. The summed E-state index contributed by atoms with van der Waals surface area (Å²) in [4.78, 5) is 19.6. The topological polar surface area (TPSA) is 56.6 Å². The van der Waals surface area contributed by atoms with Crippen molar-refractivity contribution in [2.45, 2.75) is 25.8 Å². The van der Waals surface area contributed by atoms with E-state index in [1.165, 1.54) is 0 Å². The van der Waals surface area contributed by atoms with E-state index in [2.05, 4.69) is 24.0 Å². The molecule has 0 saturated carbocycles. The Morgan fingerprint density at radius 1 is 1.03 bits per heavy atom. The molecule has 0 amide bonds. The fourth-order valence-electron chi connectivity index (χ4n) is 5.04. The maximum Gasteiger partial charge on any atom is 0.250 e. The highest BCUT2D eigenvalue weighted by molar-refractivity contribution is 5.94. The quantitative estimate of drug-likeness (QED) is 0.685. The lowest BCUT2D eigenvalue weighted by Crippen LogP contribution is -2.47. The second-order valence-electron chi connectivity index (χ2n) is 8.09. The number of anilines is 1. The van der Waals surface area contributed by atoms with Crippen molar-refractivity contribution in [3.63, 3.8) is 0 Å². The van der Waals surface area contributed by atoms with E-state index in [1.54, 1.807) is 20.3 Å². The van der Waals surface area contributed by atoms with Gasteiger partial charge in [0.25, 0.3) is 5.56 Å². The van der Waals surface area contributed by atoms with Crippen LogP contribution in [0.1, 0.15) is 23.6 Å². The molecule has 1 fully saturated rings. The maximum absolute atomic E-state index is 12.3. The Morgan fingerprint density at radius 3 is 2.62 bits per heavy atom. The SMILES string of the molecule is COc1ccc(OC)c2c(C)cc(N3C[C@@H]4C[C@H](C3)c3cccc(=O)n3C4)nc12. The second-order valence-corrected chi connectivity index (χ2v) is 8.09. The van der Waals surface area contributed by atoms with Gasteiger partial charge in [-0.15, -0.1) is 0 Å². The number of fused-ring (bicyclic) bond motifs is 5. The molecule has 2 aromatic heterocycles. The minimum atomic E-state index is 0.113. The molecule has 2 atom stereocenters. The van der Waals surface area contributed by atoms with Gasteiger partial charge in [-0.25, -0.2) is 4.98 Å².